The maximum atomic E-state index is 12.3. The van der Waals surface area contributed by atoms with Crippen molar-refractivity contribution in [3.63, 3.8) is 0 Å². The van der Waals surface area contributed by atoms with E-state index in [4.69, 9.17) is 9.15 Å². The van der Waals surface area contributed by atoms with Gasteiger partial charge in [-0.05, 0) is 50.3 Å². The van der Waals surface area contributed by atoms with E-state index in [0.717, 1.165) is 36.2 Å². The Morgan fingerprint density at radius 3 is 2.96 bits per heavy atom. The molecule has 3 rings (SSSR count). The Bertz CT molecular complexity index is 758. The SMILES string of the molecule is CCOC(=O)c1c(N/C=C/C(=O)c2ccco2)sc2c1CCCC2. The van der Waals surface area contributed by atoms with E-state index in [-0.39, 0.29) is 17.5 Å². The molecule has 0 aliphatic heterocycles. The minimum atomic E-state index is -0.301. The summed E-state index contributed by atoms with van der Waals surface area (Å²) in [4.78, 5) is 25.5. The Balaban J connectivity index is 1.80. The van der Waals surface area contributed by atoms with Crippen molar-refractivity contribution in [1.82, 2.24) is 0 Å². The van der Waals surface area contributed by atoms with Crippen LogP contribution in [0.2, 0.25) is 0 Å². The molecule has 0 radical (unpaired) electrons. The van der Waals surface area contributed by atoms with E-state index in [0.29, 0.717) is 12.2 Å². The molecule has 0 amide bonds. The average Bonchev–Trinajstić information content (AvgIpc) is 3.22. The summed E-state index contributed by atoms with van der Waals surface area (Å²) in [6.07, 6.45) is 8.52. The van der Waals surface area contributed by atoms with Crippen LogP contribution in [0.5, 0.6) is 0 Å². The van der Waals surface area contributed by atoms with E-state index < -0.39 is 0 Å². The van der Waals surface area contributed by atoms with Crippen LogP contribution < -0.4 is 5.32 Å². The van der Waals surface area contributed by atoms with Gasteiger partial charge in [-0.15, -0.1) is 11.3 Å². The highest BCUT2D eigenvalue weighted by Gasteiger charge is 2.25. The van der Waals surface area contributed by atoms with Gasteiger partial charge >= 0.3 is 5.97 Å². The van der Waals surface area contributed by atoms with Crippen molar-refractivity contribution in [2.45, 2.75) is 32.6 Å². The van der Waals surface area contributed by atoms with E-state index in [1.165, 1.54) is 17.2 Å². The number of rotatable bonds is 6. The second-order valence-electron chi connectivity index (χ2n) is 5.45. The minimum Gasteiger partial charge on any atom is -0.462 e. The smallest absolute Gasteiger partial charge is 0.341 e. The topological polar surface area (TPSA) is 68.5 Å². The standard InChI is InChI=1S/C18H19NO4S/c1-2-22-18(21)16-12-6-3-4-8-15(12)24-17(16)19-10-9-13(20)14-7-5-11-23-14/h5,7,9-11,19H,2-4,6,8H2,1H3/b10-9+. The molecule has 0 bridgehead atoms. The molecule has 2 aromatic heterocycles. The number of ketones is 1. The molecule has 6 heteroatoms. The molecule has 5 nitrogen and oxygen atoms in total. The molecule has 0 unspecified atom stereocenters. The molecular formula is C18H19NO4S. The molecular weight excluding hydrogens is 326 g/mol. The van der Waals surface area contributed by atoms with Crippen LogP contribution in [0, 0.1) is 0 Å². The maximum absolute atomic E-state index is 12.3. The number of carbonyl (C=O) groups excluding carboxylic acids is 2. The summed E-state index contributed by atoms with van der Waals surface area (Å²) in [5.74, 6) is -0.249. The lowest BCUT2D eigenvalue weighted by molar-refractivity contribution is 0.0526. The average molecular weight is 345 g/mol. The summed E-state index contributed by atoms with van der Waals surface area (Å²) < 4.78 is 10.3. The predicted molar refractivity (Wildman–Crippen MR) is 92.7 cm³/mol. The zero-order chi connectivity index (χ0) is 16.9. The highest BCUT2D eigenvalue weighted by molar-refractivity contribution is 7.16. The van der Waals surface area contributed by atoms with Gasteiger partial charge in [0.05, 0.1) is 18.4 Å². The number of anilines is 1. The first-order valence-corrected chi connectivity index (χ1v) is 8.85. The highest BCUT2D eigenvalue weighted by atomic mass is 32.1. The monoisotopic (exact) mass is 345 g/mol. The number of furan rings is 1. The van der Waals surface area contributed by atoms with E-state index in [1.807, 2.05) is 0 Å². The molecule has 1 aliphatic rings. The van der Waals surface area contributed by atoms with Gasteiger partial charge in [0.25, 0.3) is 0 Å². The van der Waals surface area contributed by atoms with Gasteiger partial charge in [-0.3, -0.25) is 4.79 Å². The Morgan fingerprint density at radius 2 is 2.21 bits per heavy atom. The molecule has 0 spiro atoms. The Labute approximate surface area is 144 Å². The maximum Gasteiger partial charge on any atom is 0.341 e. The van der Waals surface area contributed by atoms with Gasteiger partial charge in [0.1, 0.15) is 5.00 Å². The third-order valence-corrected chi connectivity index (χ3v) is 5.09. The van der Waals surface area contributed by atoms with E-state index in [1.54, 1.807) is 36.6 Å². The summed E-state index contributed by atoms with van der Waals surface area (Å²) in [6.45, 7) is 2.14. The summed E-state index contributed by atoms with van der Waals surface area (Å²) in [7, 11) is 0. The van der Waals surface area contributed by atoms with Gasteiger partial charge in [-0.1, -0.05) is 0 Å². The number of ether oxygens (including phenoxy) is 1. The Morgan fingerprint density at radius 1 is 1.38 bits per heavy atom. The zero-order valence-electron chi connectivity index (χ0n) is 13.5. The van der Waals surface area contributed by atoms with E-state index >= 15 is 0 Å². The summed E-state index contributed by atoms with van der Waals surface area (Å²) in [5.41, 5.74) is 1.71. The van der Waals surface area contributed by atoms with Crippen LogP contribution in [-0.2, 0) is 17.6 Å². The van der Waals surface area contributed by atoms with Crippen LogP contribution in [0.15, 0.2) is 35.1 Å². The fourth-order valence-corrected chi connectivity index (χ4v) is 4.04. The van der Waals surface area contributed by atoms with Gasteiger partial charge < -0.3 is 14.5 Å². The fourth-order valence-electron chi connectivity index (χ4n) is 2.78. The molecule has 126 valence electrons. The van der Waals surface area contributed by atoms with Crippen LogP contribution in [0.3, 0.4) is 0 Å². The third kappa shape index (κ3) is 3.43. The van der Waals surface area contributed by atoms with Gasteiger partial charge in [0, 0.05) is 17.2 Å². The van der Waals surface area contributed by atoms with Crippen molar-refractivity contribution >= 4 is 28.1 Å². The fraction of sp³-hybridized carbons (Fsp3) is 0.333. The predicted octanol–water partition coefficient (Wildman–Crippen LogP) is 4.21. The van der Waals surface area contributed by atoms with Crippen LogP contribution in [0.1, 0.15) is 51.1 Å². The Hall–Kier alpha value is -2.34. The number of carbonyl (C=O) groups is 2. The quantitative estimate of drug-likeness (QED) is 0.483. The normalized spacial score (nSPS) is 13.7. The number of esters is 1. The molecule has 2 aromatic rings. The number of nitrogens with one attached hydrogen (secondary N) is 1. The molecule has 24 heavy (non-hydrogen) atoms. The lowest BCUT2D eigenvalue weighted by Gasteiger charge is -2.12. The number of hydrogen-bond acceptors (Lipinski definition) is 6. The summed E-state index contributed by atoms with van der Waals surface area (Å²) >= 11 is 1.57. The number of fused-ring (bicyclic) bond motifs is 1. The minimum absolute atomic E-state index is 0.230. The highest BCUT2D eigenvalue weighted by Crippen LogP contribution is 2.38. The molecule has 0 saturated heterocycles. The zero-order valence-corrected chi connectivity index (χ0v) is 14.3. The van der Waals surface area contributed by atoms with Crippen molar-refractivity contribution in [1.29, 1.82) is 0 Å². The molecule has 0 fully saturated rings. The third-order valence-electron chi connectivity index (χ3n) is 3.86. The first kappa shape index (κ1) is 16.5. The Kier molecular flexibility index (Phi) is 5.15. The van der Waals surface area contributed by atoms with E-state index in [9.17, 15) is 9.59 Å². The van der Waals surface area contributed by atoms with Crippen molar-refractivity contribution < 1.29 is 18.7 Å². The molecule has 0 aromatic carbocycles. The van der Waals surface area contributed by atoms with Gasteiger partial charge in [0.15, 0.2) is 5.76 Å². The van der Waals surface area contributed by atoms with Gasteiger partial charge in [-0.2, -0.15) is 0 Å². The second kappa shape index (κ2) is 7.49. The molecule has 0 atom stereocenters. The lowest BCUT2D eigenvalue weighted by atomic mass is 9.95. The van der Waals surface area contributed by atoms with Crippen molar-refractivity contribution in [2.75, 3.05) is 11.9 Å². The van der Waals surface area contributed by atoms with Crippen molar-refractivity contribution in [3.05, 3.63) is 52.4 Å². The molecule has 1 aliphatic carbocycles. The molecule has 1 N–H and O–H groups in total. The summed E-state index contributed by atoms with van der Waals surface area (Å²) in [5, 5.41) is 3.82. The first-order chi connectivity index (χ1) is 11.7. The van der Waals surface area contributed by atoms with Gasteiger partial charge in [-0.25, -0.2) is 4.79 Å². The van der Waals surface area contributed by atoms with Gasteiger partial charge in [0.2, 0.25) is 5.78 Å². The van der Waals surface area contributed by atoms with E-state index in [2.05, 4.69) is 5.32 Å². The summed E-state index contributed by atoms with van der Waals surface area (Å²) in [6, 6.07) is 3.28. The first-order valence-electron chi connectivity index (χ1n) is 8.03. The number of hydrogen-bond donors (Lipinski definition) is 1. The van der Waals surface area contributed by atoms with Crippen molar-refractivity contribution in [3.8, 4) is 0 Å². The van der Waals surface area contributed by atoms with Crippen LogP contribution in [0.4, 0.5) is 5.00 Å². The lowest BCUT2D eigenvalue weighted by Crippen LogP contribution is -2.10. The van der Waals surface area contributed by atoms with Crippen LogP contribution in [0.25, 0.3) is 0 Å². The van der Waals surface area contributed by atoms with Crippen LogP contribution >= 0.6 is 11.3 Å². The molecule has 2 heterocycles. The van der Waals surface area contributed by atoms with Crippen molar-refractivity contribution in [2.24, 2.45) is 0 Å². The molecule has 0 saturated carbocycles. The van der Waals surface area contributed by atoms with Crippen LogP contribution in [-0.4, -0.2) is 18.4 Å². The number of aryl methyl sites for hydroxylation is 1. The second-order valence-corrected chi connectivity index (χ2v) is 6.56. The largest absolute Gasteiger partial charge is 0.462 e. The number of thiophene rings is 1. The number of allylic oxidation sites excluding steroid dienone is 1.